The highest BCUT2D eigenvalue weighted by molar-refractivity contribution is 7.47. The molecule has 3 N–H and O–H groups in total. The number of ether oxygens (including phenoxy) is 4. The van der Waals surface area contributed by atoms with Crippen molar-refractivity contribution in [2.45, 2.75) is 374 Å². The molecule has 528 valence electrons. The van der Waals surface area contributed by atoms with Crippen molar-refractivity contribution >= 4 is 39.5 Å². The summed E-state index contributed by atoms with van der Waals surface area (Å²) in [5.41, 5.74) is 0. The first-order chi connectivity index (χ1) is 42.9. The number of unbranched alkanes of at least 4 members (excludes halogenated alkanes) is 39. The third-order valence-corrected chi connectivity index (χ3v) is 18.1. The van der Waals surface area contributed by atoms with Crippen molar-refractivity contribution < 1.29 is 80.2 Å². The molecule has 0 aromatic heterocycles. The van der Waals surface area contributed by atoms with Gasteiger partial charge >= 0.3 is 39.5 Å². The van der Waals surface area contributed by atoms with Crippen LogP contribution in [0.4, 0.5) is 0 Å². The lowest BCUT2D eigenvalue weighted by molar-refractivity contribution is -0.161. The number of hydrogen-bond donors (Lipinski definition) is 3. The minimum atomic E-state index is -4.95. The van der Waals surface area contributed by atoms with E-state index in [2.05, 4.69) is 41.5 Å². The maximum atomic E-state index is 13.0. The number of phosphoric ester groups is 2. The molecule has 0 aliphatic rings. The van der Waals surface area contributed by atoms with Gasteiger partial charge in [-0.15, -0.1) is 0 Å². The average Bonchev–Trinajstić information content (AvgIpc) is 3.61. The number of carbonyl (C=O) groups excluding carboxylic acids is 4. The van der Waals surface area contributed by atoms with Crippen molar-refractivity contribution in [3.63, 3.8) is 0 Å². The van der Waals surface area contributed by atoms with Gasteiger partial charge in [-0.3, -0.25) is 37.3 Å². The number of aliphatic hydroxyl groups excluding tert-OH is 1. The molecule has 0 aromatic rings. The predicted octanol–water partition coefficient (Wildman–Crippen LogP) is 20.0. The van der Waals surface area contributed by atoms with Crippen molar-refractivity contribution in [3.8, 4) is 0 Å². The molecule has 0 aromatic carbocycles. The Morgan fingerprint density at radius 1 is 0.303 bits per heavy atom. The number of phosphoric acid groups is 2. The van der Waals surface area contributed by atoms with Crippen LogP contribution in [0.5, 0.6) is 0 Å². The van der Waals surface area contributed by atoms with Crippen LogP contribution < -0.4 is 0 Å². The molecule has 0 saturated heterocycles. The van der Waals surface area contributed by atoms with Gasteiger partial charge in [0, 0.05) is 25.7 Å². The molecule has 19 heteroatoms. The molecule has 2 unspecified atom stereocenters. The Balaban J connectivity index is 5.19. The first-order valence-electron chi connectivity index (χ1n) is 36.5. The van der Waals surface area contributed by atoms with Gasteiger partial charge in [0.05, 0.1) is 26.4 Å². The zero-order valence-corrected chi connectivity index (χ0v) is 59.5. The maximum absolute atomic E-state index is 13.0. The van der Waals surface area contributed by atoms with E-state index in [1.54, 1.807) is 0 Å². The van der Waals surface area contributed by atoms with Crippen molar-refractivity contribution in [1.82, 2.24) is 0 Å². The van der Waals surface area contributed by atoms with Crippen molar-refractivity contribution in [2.24, 2.45) is 11.8 Å². The molecule has 89 heavy (non-hydrogen) atoms. The van der Waals surface area contributed by atoms with Gasteiger partial charge in [-0.05, 0) is 37.5 Å². The molecule has 0 aliphatic heterocycles. The quantitative estimate of drug-likeness (QED) is 0.0222. The normalized spacial score (nSPS) is 14.1. The SMILES string of the molecule is CCCCCCCCCCCCCC(=O)O[C@H](COC(=O)CCCCCCCCC)COP(=O)(O)OC[C@H](O)COP(=O)(O)OC[C@@H](COC(=O)CCCCCCCCCCCCC(C)C)OC(=O)CCCCCCCCCCCCCCCCCC(C)C. The summed E-state index contributed by atoms with van der Waals surface area (Å²) in [6.45, 7) is 9.53. The van der Waals surface area contributed by atoms with Crippen LogP contribution in [0.3, 0.4) is 0 Å². The van der Waals surface area contributed by atoms with Crippen molar-refractivity contribution in [3.05, 3.63) is 0 Å². The summed E-state index contributed by atoms with van der Waals surface area (Å²) in [5, 5.41) is 10.6. The Hall–Kier alpha value is -1.94. The summed E-state index contributed by atoms with van der Waals surface area (Å²) < 4.78 is 68.2. The van der Waals surface area contributed by atoms with Crippen molar-refractivity contribution in [2.75, 3.05) is 39.6 Å². The number of carbonyl (C=O) groups is 4. The molecule has 0 saturated carbocycles. The third-order valence-electron chi connectivity index (χ3n) is 16.2. The molecular weight excluding hydrogens is 1170 g/mol. The van der Waals surface area contributed by atoms with Gasteiger partial charge < -0.3 is 33.8 Å². The van der Waals surface area contributed by atoms with Crippen LogP contribution in [0.25, 0.3) is 0 Å². The molecule has 0 fully saturated rings. The summed E-state index contributed by atoms with van der Waals surface area (Å²) in [5.74, 6) is -0.567. The second kappa shape index (κ2) is 62.2. The Labute approximate surface area is 543 Å². The van der Waals surface area contributed by atoms with Gasteiger partial charge in [0.25, 0.3) is 0 Å². The predicted molar refractivity (Wildman–Crippen MR) is 358 cm³/mol. The molecule has 0 spiro atoms. The lowest BCUT2D eigenvalue weighted by Gasteiger charge is -2.21. The summed E-state index contributed by atoms with van der Waals surface area (Å²) in [6.07, 6.45) is 47.3. The van der Waals surface area contributed by atoms with E-state index < -0.39 is 97.5 Å². The van der Waals surface area contributed by atoms with Crippen LogP contribution in [-0.4, -0.2) is 96.7 Å². The molecule has 5 atom stereocenters. The summed E-state index contributed by atoms with van der Waals surface area (Å²) in [4.78, 5) is 72.4. The molecule has 0 amide bonds. The highest BCUT2D eigenvalue weighted by atomic mass is 31.2. The highest BCUT2D eigenvalue weighted by Gasteiger charge is 2.30. The minimum Gasteiger partial charge on any atom is -0.462 e. The second-order valence-corrected chi connectivity index (χ2v) is 29.1. The standard InChI is InChI=1S/C70H136O17P2/c1-7-9-11-13-15-16-22-30-36-42-48-54-69(74)86-65(58-80-67(72)52-46-40-32-14-12-10-8-2)60-84-88(76,77)82-56-64(71)57-83-89(78,79)85-61-66(59-81-68(73)53-47-41-35-29-26-25-28-34-39-45-51-63(5)6)87-70(75)55-49-43-37-31-24-21-19-17-18-20-23-27-33-38-44-50-62(3)4/h62-66,71H,7-61H2,1-6H3,(H,76,77)(H,78,79)/t64-,65+,66+/m0/s1. The lowest BCUT2D eigenvalue weighted by atomic mass is 10.0. The molecule has 0 bridgehead atoms. The molecule has 0 heterocycles. The van der Waals surface area contributed by atoms with Gasteiger partial charge in [-0.2, -0.15) is 0 Å². The van der Waals surface area contributed by atoms with E-state index in [1.165, 1.54) is 161 Å². The largest absolute Gasteiger partial charge is 0.472 e. The highest BCUT2D eigenvalue weighted by Crippen LogP contribution is 2.45. The smallest absolute Gasteiger partial charge is 0.462 e. The number of hydrogen-bond acceptors (Lipinski definition) is 15. The van der Waals surface area contributed by atoms with Gasteiger partial charge in [-0.25, -0.2) is 9.13 Å². The second-order valence-electron chi connectivity index (χ2n) is 26.2. The number of rotatable bonds is 69. The fraction of sp³-hybridized carbons (Fsp3) is 0.943. The van der Waals surface area contributed by atoms with Crippen LogP contribution in [0.15, 0.2) is 0 Å². The van der Waals surface area contributed by atoms with Gasteiger partial charge in [0.2, 0.25) is 0 Å². The first kappa shape index (κ1) is 87.1. The zero-order valence-electron chi connectivity index (χ0n) is 57.7. The van der Waals surface area contributed by atoms with E-state index in [0.29, 0.717) is 25.7 Å². The molecule has 0 radical (unpaired) electrons. The number of aliphatic hydroxyl groups is 1. The van der Waals surface area contributed by atoms with Gasteiger partial charge in [-0.1, -0.05) is 305 Å². The van der Waals surface area contributed by atoms with E-state index in [-0.39, 0.29) is 25.7 Å². The Morgan fingerprint density at radius 3 is 0.764 bits per heavy atom. The Morgan fingerprint density at radius 2 is 0.517 bits per heavy atom. The summed E-state index contributed by atoms with van der Waals surface area (Å²) in [7, 11) is -9.89. The van der Waals surface area contributed by atoms with E-state index >= 15 is 0 Å². The van der Waals surface area contributed by atoms with E-state index in [1.807, 2.05) is 0 Å². The van der Waals surface area contributed by atoms with Gasteiger partial charge in [0.15, 0.2) is 12.2 Å². The summed E-state index contributed by atoms with van der Waals surface area (Å²) >= 11 is 0. The third kappa shape index (κ3) is 64.6. The fourth-order valence-corrected chi connectivity index (χ4v) is 12.2. The van der Waals surface area contributed by atoms with Crippen LogP contribution in [0.1, 0.15) is 356 Å². The van der Waals surface area contributed by atoms with Crippen LogP contribution in [0, 0.1) is 11.8 Å². The van der Waals surface area contributed by atoms with E-state index in [0.717, 1.165) is 115 Å². The van der Waals surface area contributed by atoms with Crippen LogP contribution in [-0.2, 0) is 65.4 Å². The minimum absolute atomic E-state index is 0.106. The molecule has 17 nitrogen and oxygen atoms in total. The van der Waals surface area contributed by atoms with Crippen LogP contribution in [0.2, 0.25) is 0 Å². The topological polar surface area (TPSA) is 237 Å². The monoisotopic (exact) mass is 1310 g/mol. The average molecular weight is 1310 g/mol. The Kier molecular flexibility index (Phi) is 60.8. The van der Waals surface area contributed by atoms with E-state index in [4.69, 9.17) is 37.0 Å². The Bertz CT molecular complexity index is 1730. The molecule has 0 rings (SSSR count). The molecule has 0 aliphatic carbocycles. The van der Waals surface area contributed by atoms with Crippen LogP contribution >= 0.6 is 15.6 Å². The molecular formula is C70H136O17P2. The first-order valence-corrected chi connectivity index (χ1v) is 39.5. The van der Waals surface area contributed by atoms with Crippen molar-refractivity contribution in [1.29, 1.82) is 0 Å². The number of esters is 4. The lowest BCUT2D eigenvalue weighted by Crippen LogP contribution is -2.30. The summed E-state index contributed by atoms with van der Waals surface area (Å²) in [6, 6.07) is 0. The van der Waals surface area contributed by atoms with Gasteiger partial charge in [0.1, 0.15) is 19.3 Å². The van der Waals surface area contributed by atoms with E-state index in [9.17, 15) is 43.2 Å². The maximum Gasteiger partial charge on any atom is 0.472 e. The zero-order chi connectivity index (χ0) is 65.7. The fourth-order valence-electron chi connectivity index (χ4n) is 10.6.